The van der Waals surface area contributed by atoms with Gasteiger partial charge in [-0.25, -0.2) is 12.8 Å². The van der Waals surface area contributed by atoms with Gasteiger partial charge in [-0.1, -0.05) is 18.9 Å². The predicted octanol–water partition coefficient (Wildman–Crippen LogP) is 3.94. The molecule has 2 aliphatic heterocycles. The fraction of sp³-hybridized carbons (Fsp3) is 0.478. The van der Waals surface area contributed by atoms with E-state index in [1.165, 1.54) is 28.6 Å². The van der Waals surface area contributed by atoms with E-state index in [9.17, 15) is 22.4 Å². The summed E-state index contributed by atoms with van der Waals surface area (Å²) in [6, 6.07) is 7.17. The van der Waals surface area contributed by atoms with Gasteiger partial charge in [-0.15, -0.1) is 11.3 Å². The molecule has 0 radical (unpaired) electrons. The molecule has 0 spiro atoms. The highest BCUT2D eigenvalue weighted by Gasteiger charge is 2.33. The van der Waals surface area contributed by atoms with E-state index in [1.807, 2.05) is 4.90 Å². The molecule has 2 amide bonds. The van der Waals surface area contributed by atoms with Gasteiger partial charge in [-0.3, -0.25) is 9.59 Å². The van der Waals surface area contributed by atoms with Gasteiger partial charge in [-0.2, -0.15) is 4.31 Å². The lowest BCUT2D eigenvalue weighted by atomic mass is 9.97. The largest absolute Gasteiger partial charge is 0.339 e. The number of carbonyl (C=O) groups is 2. The number of halogens is 1. The average Bonchev–Trinajstić information content (AvgIpc) is 3.16. The van der Waals surface area contributed by atoms with Gasteiger partial charge in [0.05, 0.1) is 5.56 Å². The second-order valence-corrected chi connectivity index (χ2v) is 11.6. The fourth-order valence-electron chi connectivity index (χ4n) is 4.32. The van der Waals surface area contributed by atoms with Crippen LogP contribution in [0.2, 0.25) is 0 Å². The van der Waals surface area contributed by atoms with Crippen LogP contribution in [0.1, 0.15) is 48.9 Å². The van der Waals surface area contributed by atoms with Crippen molar-refractivity contribution in [3.63, 3.8) is 0 Å². The third kappa shape index (κ3) is 5.62. The maximum atomic E-state index is 13.3. The SMILES string of the molecule is O=C(Nc1cccc(F)c1)C1CCN(S(=O)(=O)c2cc(C(=O)N3CCCCCC3)cs2)CC1. The van der Waals surface area contributed by atoms with E-state index in [0.717, 1.165) is 37.0 Å². The van der Waals surface area contributed by atoms with E-state index in [-0.39, 0.29) is 35.0 Å². The summed E-state index contributed by atoms with van der Waals surface area (Å²) < 4.78 is 41.1. The van der Waals surface area contributed by atoms with E-state index in [4.69, 9.17) is 0 Å². The molecule has 7 nitrogen and oxygen atoms in total. The third-order valence-corrected chi connectivity index (χ3v) is 9.54. The standard InChI is InChI=1S/C23H28FN3O4S2/c24-19-6-5-7-20(15-19)25-22(28)17-8-12-27(13-9-17)33(30,31)21-14-18(16-32-21)23(29)26-10-3-1-2-4-11-26/h5-7,14-17H,1-4,8-13H2,(H,25,28). The number of nitrogens with one attached hydrogen (secondary N) is 1. The van der Waals surface area contributed by atoms with Crippen molar-refractivity contribution in [2.24, 2.45) is 5.92 Å². The summed E-state index contributed by atoms with van der Waals surface area (Å²) in [5.41, 5.74) is 0.806. The Morgan fingerprint density at radius 2 is 1.70 bits per heavy atom. The quantitative estimate of drug-likeness (QED) is 0.684. The summed E-state index contributed by atoms with van der Waals surface area (Å²) in [7, 11) is -3.73. The van der Waals surface area contributed by atoms with Crippen LogP contribution in [0.15, 0.2) is 39.9 Å². The maximum Gasteiger partial charge on any atom is 0.254 e. The summed E-state index contributed by atoms with van der Waals surface area (Å²) in [5, 5.41) is 4.33. The summed E-state index contributed by atoms with van der Waals surface area (Å²) >= 11 is 1.07. The highest BCUT2D eigenvalue weighted by Crippen LogP contribution is 2.29. The zero-order chi connectivity index (χ0) is 23.4. The Morgan fingerprint density at radius 1 is 1.00 bits per heavy atom. The Hall–Kier alpha value is -2.30. The number of rotatable bonds is 5. The highest BCUT2D eigenvalue weighted by molar-refractivity contribution is 7.91. The van der Waals surface area contributed by atoms with E-state index in [2.05, 4.69) is 5.32 Å². The van der Waals surface area contributed by atoms with Crippen LogP contribution in [0.3, 0.4) is 0 Å². The summed E-state index contributed by atoms with van der Waals surface area (Å²) in [6.45, 7) is 1.86. The molecule has 0 aliphatic carbocycles. The Kier molecular flexibility index (Phi) is 7.45. The molecule has 0 atom stereocenters. The molecule has 3 heterocycles. The van der Waals surface area contributed by atoms with Crippen LogP contribution < -0.4 is 5.32 Å². The van der Waals surface area contributed by atoms with Gasteiger partial charge in [0, 0.05) is 43.2 Å². The minimum absolute atomic E-state index is 0.109. The van der Waals surface area contributed by atoms with Crippen LogP contribution in [0.25, 0.3) is 0 Å². The zero-order valence-corrected chi connectivity index (χ0v) is 20.0. The molecule has 0 bridgehead atoms. The van der Waals surface area contributed by atoms with Crippen molar-refractivity contribution >= 4 is 38.9 Å². The van der Waals surface area contributed by atoms with Crippen molar-refractivity contribution in [2.75, 3.05) is 31.5 Å². The summed E-state index contributed by atoms with van der Waals surface area (Å²) in [4.78, 5) is 27.1. The molecule has 4 rings (SSSR count). The number of thiophene rings is 1. The van der Waals surface area contributed by atoms with Crippen molar-refractivity contribution in [2.45, 2.75) is 42.7 Å². The van der Waals surface area contributed by atoms with Crippen molar-refractivity contribution in [3.05, 3.63) is 47.1 Å². The molecule has 0 unspecified atom stereocenters. The molecule has 1 aromatic heterocycles. The lowest BCUT2D eigenvalue weighted by Gasteiger charge is -2.30. The van der Waals surface area contributed by atoms with Gasteiger partial charge in [-0.05, 0) is 49.9 Å². The Labute approximate surface area is 197 Å². The monoisotopic (exact) mass is 493 g/mol. The minimum Gasteiger partial charge on any atom is -0.339 e. The number of nitrogens with zero attached hydrogens (tertiary/aromatic N) is 2. The van der Waals surface area contributed by atoms with E-state index < -0.39 is 15.8 Å². The van der Waals surface area contributed by atoms with E-state index in [0.29, 0.717) is 37.2 Å². The maximum absolute atomic E-state index is 13.3. The normalized spacial score (nSPS) is 18.6. The molecule has 2 saturated heterocycles. The highest BCUT2D eigenvalue weighted by atomic mass is 32.2. The molecule has 2 aromatic rings. The number of hydrogen-bond acceptors (Lipinski definition) is 5. The first-order valence-corrected chi connectivity index (χ1v) is 13.6. The van der Waals surface area contributed by atoms with Crippen molar-refractivity contribution in [1.82, 2.24) is 9.21 Å². The number of carbonyl (C=O) groups excluding carboxylic acids is 2. The molecule has 178 valence electrons. The number of sulfonamides is 1. The second kappa shape index (κ2) is 10.3. The lowest BCUT2D eigenvalue weighted by Crippen LogP contribution is -2.41. The topological polar surface area (TPSA) is 86.8 Å². The smallest absolute Gasteiger partial charge is 0.254 e. The molecule has 10 heteroatoms. The minimum atomic E-state index is -3.73. The molecular weight excluding hydrogens is 465 g/mol. The van der Waals surface area contributed by atoms with Crippen LogP contribution in [0, 0.1) is 11.7 Å². The van der Waals surface area contributed by atoms with E-state index >= 15 is 0 Å². The first-order valence-electron chi connectivity index (χ1n) is 11.3. The Morgan fingerprint density at radius 3 is 2.36 bits per heavy atom. The molecule has 1 aromatic carbocycles. The van der Waals surface area contributed by atoms with Gasteiger partial charge >= 0.3 is 0 Å². The number of amides is 2. The number of benzene rings is 1. The van der Waals surface area contributed by atoms with Gasteiger partial charge in [0.1, 0.15) is 10.0 Å². The number of likely N-dealkylation sites (tertiary alicyclic amines) is 1. The molecule has 1 N–H and O–H groups in total. The number of anilines is 1. The second-order valence-electron chi connectivity index (χ2n) is 8.54. The molecule has 0 saturated carbocycles. The number of hydrogen-bond donors (Lipinski definition) is 1. The molecule has 2 aliphatic rings. The van der Waals surface area contributed by atoms with Crippen LogP contribution >= 0.6 is 11.3 Å². The molecular formula is C23H28FN3O4S2. The van der Waals surface area contributed by atoms with Crippen molar-refractivity contribution < 1.29 is 22.4 Å². The molecule has 33 heavy (non-hydrogen) atoms. The van der Waals surface area contributed by atoms with Crippen LogP contribution in [0.5, 0.6) is 0 Å². The lowest BCUT2D eigenvalue weighted by molar-refractivity contribution is -0.120. The Bertz CT molecular complexity index is 1100. The summed E-state index contributed by atoms with van der Waals surface area (Å²) in [5.74, 6) is -1.12. The van der Waals surface area contributed by atoms with Gasteiger partial charge < -0.3 is 10.2 Å². The van der Waals surface area contributed by atoms with Gasteiger partial charge in [0.2, 0.25) is 5.91 Å². The van der Waals surface area contributed by atoms with Gasteiger partial charge in [0.15, 0.2) is 0 Å². The molecule has 2 fully saturated rings. The van der Waals surface area contributed by atoms with Crippen LogP contribution in [-0.4, -0.2) is 55.6 Å². The predicted molar refractivity (Wildman–Crippen MR) is 125 cm³/mol. The Balaban J connectivity index is 1.36. The summed E-state index contributed by atoms with van der Waals surface area (Å²) in [6.07, 6.45) is 4.94. The average molecular weight is 494 g/mol. The zero-order valence-electron chi connectivity index (χ0n) is 18.3. The van der Waals surface area contributed by atoms with Crippen molar-refractivity contribution in [1.29, 1.82) is 0 Å². The first kappa shape index (κ1) is 23.8. The van der Waals surface area contributed by atoms with E-state index in [1.54, 1.807) is 11.4 Å². The number of piperidine rings is 1. The van der Waals surface area contributed by atoms with Gasteiger partial charge in [0.25, 0.3) is 15.9 Å². The van der Waals surface area contributed by atoms with Crippen LogP contribution in [-0.2, 0) is 14.8 Å². The third-order valence-electron chi connectivity index (χ3n) is 6.23. The van der Waals surface area contributed by atoms with Crippen molar-refractivity contribution in [3.8, 4) is 0 Å². The fourth-order valence-corrected chi connectivity index (χ4v) is 7.09. The first-order chi connectivity index (χ1) is 15.8. The van der Waals surface area contributed by atoms with Crippen LogP contribution in [0.4, 0.5) is 10.1 Å².